The van der Waals surface area contributed by atoms with E-state index in [1.165, 1.54) is 0 Å². The van der Waals surface area contributed by atoms with Crippen molar-refractivity contribution in [3.63, 3.8) is 0 Å². The Morgan fingerprint density at radius 2 is 2.06 bits per heavy atom. The van der Waals surface area contributed by atoms with Crippen molar-refractivity contribution in [1.29, 1.82) is 0 Å². The molecule has 1 aliphatic heterocycles. The summed E-state index contributed by atoms with van der Waals surface area (Å²) < 4.78 is 11.1. The molecule has 0 amide bonds. The van der Waals surface area contributed by atoms with Crippen LogP contribution in [0.3, 0.4) is 0 Å². The number of furan rings is 1. The first kappa shape index (κ1) is 12.7. The Kier molecular flexibility index (Phi) is 4.24. The van der Waals surface area contributed by atoms with E-state index >= 15 is 0 Å². The Hall–Kier alpha value is -0.800. The normalized spacial score (nSPS) is 31.4. The molecule has 1 N–H and O–H groups in total. The highest BCUT2D eigenvalue weighted by Crippen LogP contribution is 2.19. The van der Waals surface area contributed by atoms with Crippen LogP contribution in [0.15, 0.2) is 22.8 Å². The first-order valence-electron chi connectivity index (χ1n) is 6.57. The molecule has 3 atom stereocenters. The van der Waals surface area contributed by atoms with E-state index in [1.54, 1.807) is 6.26 Å². The molecular formula is C14H23NO2. The number of hydrogen-bond acceptors (Lipinski definition) is 3. The van der Waals surface area contributed by atoms with Crippen molar-refractivity contribution in [2.45, 2.75) is 64.3 Å². The second-order valence-corrected chi connectivity index (χ2v) is 5.28. The van der Waals surface area contributed by atoms with Gasteiger partial charge in [0.2, 0.25) is 0 Å². The van der Waals surface area contributed by atoms with Gasteiger partial charge in [0, 0.05) is 18.5 Å². The molecule has 2 heterocycles. The number of hydrogen-bond donors (Lipinski definition) is 1. The van der Waals surface area contributed by atoms with Crippen LogP contribution in [0.4, 0.5) is 0 Å². The SMILES string of the molecule is CC(Cc1ccco1)NC1CC(C)OC(C)C1. The molecule has 0 aliphatic carbocycles. The van der Waals surface area contributed by atoms with Crippen molar-refractivity contribution in [2.75, 3.05) is 0 Å². The molecule has 3 unspecified atom stereocenters. The molecule has 0 bridgehead atoms. The van der Waals surface area contributed by atoms with Gasteiger partial charge in [-0.25, -0.2) is 0 Å². The van der Waals surface area contributed by atoms with Crippen LogP contribution in [-0.2, 0) is 11.2 Å². The Labute approximate surface area is 104 Å². The lowest BCUT2D eigenvalue weighted by Gasteiger charge is -2.34. The highest BCUT2D eigenvalue weighted by atomic mass is 16.5. The average Bonchev–Trinajstić information content (AvgIpc) is 2.67. The molecule has 3 nitrogen and oxygen atoms in total. The molecule has 0 radical (unpaired) electrons. The number of ether oxygens (including phenoxy) is 1. The van der Waals surface area contributed by atoms with Gasteiger partial charge >= 0.3 is 0 Å². The van der Waals surface area contributed by atoms with E-state index < -0.39 is 0 Å². The summed E-state index contributed by atoms with van der Waals surface area (Å²) in [4.78, 5) is 0. The van der Waals surface area contributed by atoms with Gasteiger partial charge in [-0.3, -0.25) is 0 Å². The summed E-state index contributed by atoms with van der Waals surface area (Å²) in [5, 5.41) is 3.68. The van der Waals surface area contributed by atoms with Crippen LogP contribution in [-0.4, -0.2) is 24.3 Å². The Morgan fingerprint density at radius 3 is 2.65 bits per heavy atom. The highest BCUT2D eigenvalue weighted by molar-refractivity contribution is 5.00. The fourth-order valence-corrected chi connectivity index (χ4v) is 2.73. The lowest BCUT2D eigenvalue weighted by molar-refractivity contribution is -0.0433. The van der Waals surface area contributed by atoms with Gasteiger partial charge in [-0.05, 0) is 45.7 Å². The summed E-state index contributed by atoms with van der Waals surface area (Å²) in [6.45, 7) is 6.52. The van der Waals surface area contributed by atoms with E-state index in [1.807, 2.05) is 12.1 Å². The predicted molar refractivity (Wildman–Crippen MR) is 68.0 cm³/mol. The van der Waals surface area contributed by atoms with Crippen molar-refractivity contribution < 1.29 is 9.15 Å². The predicted octanol–water partition coefficient (Wildman–Crippen LogP) is 2.76. The molecule has 0 aromatic carbocycles. The largest absolute Gasteiger partial charge is 0.469 e. The molecule has 17 heavy (non-hydrogen) atoms. The smallest absolute Gasteiger partial charge is 0.105 e. The standard InChI is InChI=1S/C14H23NO2/c1-10(7-14-5-4-6-16-14)15-13-8-11(2)17-12(3)9-13/h4-6,10-13,15H,7-9H2,1-3H3. The zero-order valence-electron chi connectivity index (χ0n) is 11.0. The molecule has 1 aromatic rings. The molecule has 3 heteroatoms. The van der Waals surface area contributed by atoms with Crippen molar-refractivity contribution in [3.05, 3.63) is 24.2 Å². The second-order valence-electron chi connectivity index (χ2n) is 5.28. The molecule has 1 aliphatic rings. The summed E-state index contributed by atoms with van der Waals surface area (Å²) in [7, 11) is 0. The van der Waals surface area contributed by atoms with Crippen LogP contribution in [0.1, 0.15) is 39.4 Å². The van der Waals surface area contributed by atoms with Crippen molar-refractivity contribution in [3.8, 4) is 0 Å². The van der Waals surface area contributed by atoms with Gasteiger partial charge in [0.15, 0.2) is 0 Å². The van der Waals surface area contributed by atoms with E-state index in [2.05, 4.69) is 26.1 Å². The van der Waals surface area contributed by atoms with Gasteiger partial charge in [0.05, 0.1) is 18.5 Å². The summed E-state index contributed by atoms with van der Waals surface area (Å²) in [6.07, 6.45) is 5.63. The fraction of sp³-hybridized carbons (Fsp3) is 0.714. The third-order valence-electron chi connectivity index (χ3n) is 3.31. The average molecular weight is 237 g/mol. The summed E-state index contributed by atoms with van der Waals surface area (Å²) >= 11 is 0. The van der Waals surface area contributed by atoms with Gasteiger partial charge in [0.1, 0.15) is 5.76 Å². The van der Waals surface area contributed by atoms with Crippen molar-refractivity contribution in [1.82, 2.24) is 5.32 Å². The molecule has 1 aromatic heterocycles. The zero-order valence-corrected chi connectivity index (χ0v) is 11.0. The monoisotopic (exact) mass is 237 g/mol. The third-order valence-corrected chi connectivity index (χ3v) is 3.31. The Balaban J connectivity index is 1.79. The lowest BCUT2D eigenvalue weighted by atomic mass is 9.98. The van der Waals surface area contributed by atoms with Crippen LogP contribution in [0.2, 0.25) is 0 Å². The topological polar surface area (TPSA) is 34.4 Å². The molecule has 2 rings (SSSR count). The van der Waals surface area contributed by atoms with Gasteiger partial charge in [-0.15, -0.1) is 0 Å². The molecular weight excluding hydrogens is 214 g/mol. The maximum atomic E-state index is 5.75. The van der Waals surface area contributed by atoms with Gasteiger partial charge in [-0.1, -0.05) is 0 Å². The number of rotatable bonds is 4. The van der Waals surface area contributed by atoms with Crippen LogP contribution in [0.5, 0.6) is 0 Å². The molecule has 0 saturated carbocycles. The quantitative estimate of drug-likeness (QED) is 0.874. The summed E-state index contributed by atoms with van der Waals surface area (Å²) in [5.74, 6) is 1.05. The van der Waals surface area contributed by atoms with E-state index in [4.69, 9.17) is 9.15 Å². The van der Waals surface area contributed by atoms with E-state index in [-0.39, 0.29) is 0 Å². The first-order chi connectivity index (χ1) is 8.13. The highest BCUT2D eigenvalue weighted by Gasteiger charge is 2.25. The van der Waals surface area contributed by atoms with Crippen molar-refractivity contribution in [2.24, 2.45) is 0 Å². The van der Waals surface area contributed by atoms with Gasteiger partial charge < -0.3 is 14.5 Å². The summed E-state index contributed by atoms with van der Waals surface area (Å²) in [5.41, 5.74) is 0. The van der Waals surface area contributed by atoms with E-state index in [0.717, 1.165) is 25.0 Å². The Bertz CT molecular complexity index is 313. The van der Waals surface area contributed by atoms with E-state index in [9.17, 15) is 0 Å². The lowest BCUT2D eigenvalue weighted by Crippen LogP contribution is -2.45. The minimum absolute atomic E-state index is 0.368. The van der Waals surface area contributed by atoms with Crippen LogP contribution < -0.4 is 5.32 Å². The van der Waals surface area contributed by atoms with Crippen LogP contribution in [0.25, 0.3) is 0 Å². The molecule has 0 spiro atoms. The number of nitrogens with one attached hydrogen (secondary N) is 1. The van der Waals surface area contributed by atoms with Crippen LogP contribution in [0, 0.1) is 0 Å². The van der Waals surface area contributed by atoms with E-state index in [0.29, 0.717) is 24.3 Å². The summed E-state index contributed by atoms with van der Waals surface area (Å²) in [6, 6.07) is 5.00. The maximum Gasteiger partial charge on any atom is 0.105 e. The van der Waals surface area contributed by atoms with Crippen LogP contribution >= 0.6 is 0 Å². The zero-order chi connectivity index (χ0) is 12.3. The fourth-order valence-electron chi connectivity index (χ4n) is 2.73. The van der Waals surface area contributed by atoms with Crippen molar-refractivity contribution >= 4 is 0 Å². The van der Waals surface area contributed by atoms with Gasteiger partial charge in [0.25, 0.3) is 0 Å². The first-order valence-corrected chi connectivity index (χ1v) is 6.57. The maximum absolute atomic E-state index is 5.75. The molecule has 1 fully saturated rings. The third kappa shape index (κ3) is 3.86. The second kappa shape index (κ2) is 5.69. The minimum atomic E-state index is 0.368. The Morgan fingerprint density at radius 1 is 1.35 bits per heavy atom. The molecule has 1 saturated heterocycles. The molecule has 96 valence electrons. The minimum Gasteiger partial charge on any atom is -0.469 e. The van der Waals surface area contributed by atoms with Gasteiger partial charge in [-0.2, -0.15) is 0 Å².